The van der Waals surface area contributed by atoms with Crippen molar-refractivity contribution in [2.24, 2.45) is 23.7 Å². The fourth-order valence-electron chi connectivity index (χ4n) is 4.42. The molecule has 0 heterocycles. The van der Waals surface area contributed by atoms with Gasteiger partial charge in [-0.05, 0) is 42.6 Å². The monoisotopic (exact) mass is 392 g/mol. The second kappa shape index (κ2) is 9.87. The number of Topliss-reactive ketones (excluding diaryl/α,β-unsaturated/α-hetero) is 1. The van der Waals surface area contributed by atoms with Gasteiger partial charge in [-0.2, -0.15) is 0 Å². The molecule has 2 aromatic rings. The van der Waals surface area contributed by atoms with E-state index in [1.807, 2.05) is 48.5 Å². The fraction of sp³-hybridized carbons (Fsp3) is 0.462. The summed E-state index contributed by atoms with van der Waals surface area (Å²) in [5.74, 6) is -0.000965. The number of carbonyl (C=O) groups excluding carboxylic acids is 2. The number of benzene rings is 2. The van der Waals surface area contributed by atoms with Crippen molar-refractivity contribution in [1.82, 2.24) is 0 Å². The molecule has 2 aromatic carbocycles. The largest absolute Gasteiger partial charge is 0.461 e. The van der Waals surface area contributed by atoms with E-state index in [1.54, 1.807) is 12.1 Å². The summed E-state index contributed by atoms with van der Waals surface area (Å²) >= 11 is 0. The third-order valence-electron chi connectivity index (χ3n) is 6.17. The van der Waals surface area contributed by atoms with Crippen LogP contribution in [0.15, 0.2) is 60.7 Å². The van der Waals surface area contributed by atoms with E-state index in [-0.39, 0.29) is 17.9 Å². The Kier molecular flexibility index (Phi) is 7.24. The molecule has 1 aliphatic carbocycles. The van der Waals surface area contributed by atoms with E-state index >= 15 is 0 Å². The van der Waals surface area contributed by atoms with Crippen LogP contribution in [0.3, 0.4) is 0 Å². The van der Waals surface area contributed by atoms with Crippen molar-refractivity contribution in [3.05, 3.63) is 71.8 Å². The number of ketones is 1. The Morgan fingerprint density at radius 3 is 2.21 bits per heavy atom. The molecule has 1 aliphatic rings. The maximum atomic E-state index is 13.3. The molecule has 0 bridgehead atoms. The van der Waals surface area contributed by atoms with Gasteiger partial charge in [-0.25, -0.2) is 0 Å². The molecule has 0 spiro atoms. The second-order valence-electron chi connectivity index (χ2n) is 8.77. The Bertz CT molecular complexity index is 797. The third-order valence-corrected chi connectivity index (χ3v) is 6.17. The Labute approximate surface area is 174 Å². The Morgan fingerprint density at radius 2 is 1.59 bits per heavy atom. The Hall–Kier alpha value is -2.42. The normalized spacial score (nSPS) is 22.8. The second-order valence-corrected chi connectivity index (χ2v) is 8.77. The molecule has 3 nitrogen and oxygen atoms in total. The van der Waals surface area contributed by atoms with Crippen LogP contribution in [-0.4, -0.2) is 17.9 Å². The zero-order valence-electron chi connectivity index (χ0n) is 17.7. The zero-order chi connectivity index (χ0) is 20.8. The molecule has 3 heteroatoms. The maximum absolute atomic E-state index is 13.3. The molecule has 0 N–H and O–H groups in total. The van der Waals surface area contributed by atoms with E-state index in [4.69, 9.17) is 4.74 Å². The van der Waals surface area contributed by atoms with E-state index < -0.39 is 5.92 Å². The minimum atomic E-state index is -0.815. The van der Waals surface area contributed by atoms with Gasteiger partial charge in [0.15, 0.2) is 5.78 Å². The van der Waals surface area contributed by atoms with Gasteiger partial charge in [0.25, 0.3) is 0 Å². The zero-order valence-corrected chi connectivity index (χ0v) is 17.7. The fourth-order valence-corrected chi connectivity index (χ4v) is 4.42. The average Bonchev–Trinajstić information content (AvgIpc) is 2.72. The van der Waals surface area contributed by atoms with Crippen LogP contribution >= 0.6 is 0 Å². The number of rotatable bonds is 7. The average molecular weight is 393 g/mol. The molecule has 0 amide bonds. The van der Waals surface area contributed by atoms with Gasteiger partial charge in [0.2, 0.25) is 0 Å². The van der Waals surface area contributed by atoms with Gasteiger partial charge in [-0.3, -0.25) is 9.59 Å². The lowest BCUT2D eigenvalue weighted by Crippen LogP contribution is -2.39. The lowest BCUT2D eigenvalue weighted by molar-refractivity contribution is -0.159. The Morgan fingerprint density at radius 1 is 0.966 bits per heavy atom. The van der Waals surface area contributed by atoms with Gasteiger partial charge in [-0.1, -0.05) is 87.9 Å². The minimum Gasteiger partial charge on any atom is -0.461 e. The van der Waals surface area contributed by atoms with Crippen LogP contribution < -0.4 is 0 Å². The van der Waals surface area contributed by atoms with Gasteiger partial charge in [0.1, 0.15) is 12.0 Å². The minimum absolute atomic E-state index is 0.104. The van der Waals surface area contributed by atoms with Crippen LogP contribution in [0.5, 0.6) is 0 Å². The highest BCUT2D eigenvalue weighted by Gasteiger charge is 2.37. The predicted octanol–water partition coefficient (Wildman–Crippen LogP) is 5.73. The number of hydrogen-bond acceptors (Lipinski definition) is 3. The molecule has 1 fully saturated rings. The molecule has 0 unspecified atom stereocenters. The molecule has 0 radical (unpaired) electrons. The van der Waals surface area contributed by atoms with E-state index in [9.17, 15) is 9.59 Å². The summed E-state index contributed by atoms with van der Waals surface area (Å²) in [5, 5.41) is 0. The number of carbonyl (C=O) groups is 2. The molecule has 29 heavy (non-hydrogen) atoms. The number of esters is 1. The van der Waals surface area contributed by atoms with Crippen LogP contribution in [0, 0.1) is 23.7 Å². The highest BCUT2D eigenvalue weighted by Crippen LogP contribution is 2.36. The SMILES string of the molecule is CC(C)[C@H]1CC[C@@H](C)C[C@@H]1OC(=O)[C@H](Cc1ccccc1)C(=O)c1ccccc1. The molecule has 1 saturated carbocycles. The first kappa shape index (κ1) is 21.3. The van der Waals surface area contributed by atoms with Crippen LogP contribution in [0.25, 0.3) is 0 Å². The van der Waals surface area contributed by atoms with Crippen molar-refractivity contribution >= 4 is 11.8 Å². The van der Waals surface area contributed by atoms with Gasteiger partial charge in [0.05, 0.1) is 0 Å². The smallest absolute Gasteiger partial charge is 0.317 e. The summed E-state index contributed by atoms with van der Waals surface area (Å²) < 4.78 is 6.05. The van der Waals surface area contributed by atoms with Gasteiger partial charge >= 0.3 is 5.97 Å². The molecule has 4 atom stereocenters. The summed E-state index contributed by atoms with van der Waals surface area (Å²) in [6.07, 6.45) is 3.39. The van der Waals surface area contributed by atoms with Crippen molar-refractivity contribution in [2.45, 2.75) is 52.6 Å². The van der Waals surface area contributed by atoms with Crippen molar-refractivity contribution in [2.75, 3.05) is 0 Å². The molecule has 154 valence electrons. The first-order valence-electron chi connectivity index (χ1n) is 10.8. The predicted molar refractivity (Wildman–Crippen MR) is 116 cm³/mol. The maximum Gasteiger partial charge on any atom is 0.317 e. The summed E-state index contributed by atoms with van der Waals surface area (Å²) in [6.45, 7) is 6.60. The van der Waals surface area contributed by atoms with E-state index in [0.29, 0.717) is 29.7 Å². The van der Waals surface area contributed by atoms with Gasteiger partial charge < -0.3 is 4.74 Å². The lowest BCUT2D eigenvalue weighted by atomic mass is 9.75. The van der Waals surface area contributed by atoms with Crippen molar-refractivity contribution in [3.8, 4) is 0 Å². The highest BCUT2D eigenvalue weighted by atomic mass is 16.5. The summed E-state index contributed by atoms with van der Waals surface area (Å²) in [4.78, 5) is 26.5. The van der Waals surface area contributed by atoms with Crippen LogP contribution in [0.2, 0.25) is 0 Å². The summed E-state index contributed by atoms with van der Waals surface area (Å²) in [5.41, 5.74) is 1.53. The molecule has 0 aliphatic heterocycles. The van der Waals surface area contributed by atoms with E-state index in [1.165, 1.54) is 6.42 Å². The van der Waals surface area contributed by atoms with Crippen LogP contribution in [0.1, 0.15) is 56.0 Å². The first-order chi connectivity index (χ1) is 14.0. The molecule has 0 aromatic heterocycles. The van der Waals surface area contributed by atoms with Crippen LogP contribution in [0.4, 0.5) is 0 Å². The summed E-state index contributed by atoms with van der Waals surface area (Å²) in [7, 11) is 0. The van der Waals surface area contributed by atoms with Crippen LogP contribution in [-0.2, 0) is 16.0 Å². The van der Waals surface area contributed by atoms with Crippen molar-refractivity contribution in [1.29, 1.82) is 0 Å². The standard InChI is InChI=1S/C26H32O3/c1-18(2)22-15-14-19(3)16-24(22)29-26(28)23(17-20-10-6-4-7-11-20)25(27)21-12-8-5-9-13-21/h4-13,18-19,22-24H,14-17H2,1-3H3/t19-,22-,23-,24+/m1/s1. The van der Waals surface area contributed by atoms with Gasteiger partial charge in [-0.15, -0.1) is 0 Å². The lowest BCUT2D eigenvalue weighted by Gasteiger charge is -2.37. The first-order valence-corrected chi connectivity index (χ1v) is 10.8. The number of hydrogen-bond donors (Lipinski definition) is 0. The molecular formula is C26H32O3. The van der Waals surface area contributed by atoms with E-state index in [2.05, 4.69) is 20.8 Å². The van der Waals surface area contributed by atoms with Crippen molar-refractivity contribution in [3.63, 3.8) is 0 Å². The van der Waals surface area contributed by atoms with Crippen molar-refractivity contribution < 1.29 is 14.3 Å². The Balaban J connectivity index is 1.82. The highest BCUT2D eigenvalue weighted by molar-refractivity contribution is 6.08. The quantitative estimate of drug-likeness (QED) is 0.343. The topological polar surface area (TPSA) is 43.4 Å². The molecule has 3 rings (SSSR count). The molecule has 0 saturated heterocycles. The van der Waals surface area contributed by atoms with Gasteiger partial charge in [0, 0.05) is 5.56 Å². The van der Waals surface area contributed by atoms with E-state index in [0.717, 1.165) is 18.4 Å². The molecular weight excluding hydrogens is 360 g/mol. The summed E-state index contributed by atoms with van der Waals surface area (Å²) in [6, 6.07) is 18.8. The third kappa shape index (κ3) is 5.56. The number of ether oxygens (including phenoxy) is 1.